The van der Waals surface area contributed by atoms with Gasteiger partial charge in [-0.2, -0.15) is 0 Å². The summed E-state index contributed by atoms with van der Waals surface area (Å²) in [6.07, 6.45) is 2.26. The van der Waals surface area contributed by atoms with Crippen LogP contribution < -0.4 is 5.32 Å². The van der Waals surface area contributed by atoms with E-state index in [0.29, 0.717) is 32.6 Å². The van der Waals surface area contributed by atoms with Crippen molar-refractivity contribution in [3.8, 4) is 0 Å². The van der Waals surface area contributed by atoms with Gasteiger partial charge in [-0.1, -0.05) is 85.8 Å². The molecular weight excluding hydrogens is 588 g/mol. The van der Waals surface area contributed by atoms with Gasteiger partial charge >= 0.3 is 6.03 Å². The summed E-state index contributed by atoms with van der Waals surface area (Å²) >= 11 is 0. The number of furan rings is 1. The molecule has 8 nitrogen and oxygen atoms in total. The molecule has 0 unspecified atom stereocenters. The number of benzene rings is 4. The highest BCUT2D eigenvalue weighted by Gasteiger charge is 2.44. The minimum absolute atomic E-state index is 0.0899. The predicted octanol–water partition coefficient (Wildman–Crippen LogP) is 6.77. The predicted molar refractivity (Wildman–Crippen MR) is 185 cm³/mol. The van der Waals surface area contributed by atoms with Crippen LogP contribution >= 0.6 is 0 Å². The summed E-state index contributed by atoms with van der Waals surface area (Å²) < 4.78 is 5.55. The molecule has 0 spiro atoms. The summed E-state index contributed by atoms with van der Waals surface area (Å²) in [5.41, 5.74) is 3.77. The zero-order chi connectivity index (χ0) is 32.9. The molecule has 1 aromatic heterocycles. The molecule has 5 aromatic rings. The molecule has 1 aliphatic rings. The van der Waals surface area contributed by atoms with E-state index >= 15 is 0 Å². The summed E-state index contributed by atoms with van der Waals surface area (Å²) in [5.74, 6) is -0.191. The van der Waals surface area contributed by atoms with Gasteiger partial charge in [0.1, 0.15) is 11.6 Å². The van der Waals surface area contributed by atoms with Gasteiger partial charge in [0, 0.05) is 50.4 Å². The Bertz CT molecular complexity index is 1860. The van der Waals surface area contributed by atoms with Crippen LogP contribution in [0, 0.1) is 0 Å². The van der Waals surface area contributed by atoms with Crippen molar-refractivity contribution in [2.75, 3.05) is 13.1 Å². The number of fused-ring (bicyclic) bond motifs is 2. The highest BCUT2D eigenvalue weighted by molar-refractivity contribution is 5.91. The highest BCUT2D eigenvalue weighted by atomic mass is 16.3. The van der Waals surface area contributed by atoms with E-state index in [4.69, 9.17) is 4.42 Å². The Labute approximate surface area is 275 Å². The number of piperazine rings is 1. The lowest BCUT2D eigenvalue weighted by molar-refractivity contribution is -0.157. The normalized spacial score (nSPS) is 16.6. The van der Waals surface area contributed by atoms with Crippen LogP contribution in [-0.2, 0) is 29.1 Å². The van der Waals surface area contributed by atoms with Gasteiger partial charge < -0.3 is 24.4 Å². The molecule has 47 heavy (non-hydrogen) atoms. The smallest absolute Gasteiger partial charge is 0.317 e. The SMILES string of the molecule is CCC(=O)N1[C@@H](CN(C(=O)NCc2ccccc2)C(C)C)CN(Cc2cccc3ccccc23)C(=O)[C@@H]1Cc1ccc2occc2c1. The van der Waals surface area contributed by atoms with Crippen LogP contribution in [0.3, 0.4) is 0 Å². The number of urea groups is 1. The molecule has 1 fully saturated rings. The van der Waals surface area contributed by atoms with Gasteiger partial charge in [0.15, 0.2) is 0 Å². The number of nitrogens with zero attached hydrogens (tertiary/aromatic N) is 3. The molecule has 2 heterocycles. The highest BCUT2D eigenvalue weighted by Crippen LogP contribution is 2.28. The second-order valence-electron chi connectivity index (χ2n) is 12.6. The summed E-state index contributed by atoms with van der Waals surface area (Å²) in [4.78, 5) is 47.4. The molecule has 0 aliphatic carbocycles. The van der Waals surface area contributed by atoms with Crippen molar-refractivity contribution in [1.29, 1.82) is 0 Å². The summed E-state index contributed by atoms with van der Waals surface area (Å²) in [5, 5.41) is 6.22. The summed E-state index contributed by atoms with van der Waals surface area (Å²) in [6.45, 7) is 7.20. The maximum atomic E-state index is 14.5. The summed E-state index contributed by atoms with van der Waals surface area (Å²) in [7, 11) is 0. The van der Waals surface area contributed by atoms with Crippen LogP contribution in [0.25, 0.3) is 21.7 Å². The average molecular weight is 631 g/mol. The van der Waals surface area contributed by atoms with Crippen LogP contribution in [0.4, 0.5) is 4.79 Å². The van der Waals surface area contributed by atoms with Crippen molar-refractivity contribution in [2.45, 2.75) is 64.8 Å². The quantitative estimate of drug-likeness (QED) is 0.185. The zero-order valence-electron chi connectivity index (χ0n) is 27.3. The molecule has 4 aromatic carbocycles. The van der Waals surface area contributed by atoms with Gasteiger partial charge in [-0.05, 0) is 59.5 Å². The first-order valence-electron chi connectivity index (χ1n) is 16.4. The first kappa shape index (κ1) is 31.9. The van der Waals surface area contributed by atoms with E-state index < -0.39 is 12.1 Å². The lowest BCUT2D eigenvalue weighted by Crippen LogP contribution is -2.66. The minimum Gasteiger partial charge on any atom is -0.464 e. The largest absolute Gasteiger partial charge is 0.464 e. The fourth-order valence-electron chi connectivity index (χ4n) is 6.68. The Kier molecular flexibility index (Phi) is 9.57. The van der Waals surface area contributed by atoms with E-state index in [1.54, 1.807) is 16.1 Å². The van der Waals surface area contributed by atoms with Gasteiger partial charge in [-0.15, -0.1) is 0 Å². The molecular formula is C39H42N4O4. The Balaban J connectivity index is 1.34. The Morgan fingerprint density at radius 3 is 2.47 bits per heavy atom. The third kappa shape index (κ3) is 7.02. The number of carbonyl (C=O) groups excluding carboxylic acids is 3. The van der Waals surface area contributed by atoms with Gasteiger partial charge in [-0.25, -0.2) is 4.79 Å². The number of hydrogen-bond donors (Lipinski definition) is 1. The van der Waals surface area contributed by atoms with Crippen molar-refractivity contribution >= 4 is 39.6 Å². The van der Waals surface area contributed by atoms with Crippen LogP contribution in [0.1, 0.15) is 43.9 Å². The van der Waals surface area contributed by atoms with Gasteiger partial charge in [0.05, 0.1) is 12.3 Å². The van der Waals surface area contributed by atoms with Crippen molar-refractivity contribution in [2.24, 2.45) is 0 Å². The molecule has 4 amide bonds. The molecule has 8 heteroatoms. The molecule has 0 radical (unpaired) electrons. The fraction of sp³-hybridized carbons (Fsp3) is 0.308. The van der Waals surface area contributed by atoms with E-state index in [0.717, 1.165) is 38.4 Å². The maximum Gasteiger partial charge on any atom is 0.317 e. The van der Waals surface area contributed by atoms with Crippen LogP contribution in [-0.4, -0.2) is 63.8 Å². The van der Waals surface area contributed by atoms with Gasteiger partial charge in [0.25, 0.3) is 0 Å². The van der Waals surface area contributed by atoms with Crippen LogP contribution in [0.2, 0.25) is 0 Å². The molecule has 2 atom stereocenters. The second kappa shape index (κ2) is 14.1. The third-order valence-electron chi connectivity index (χ3n) is 9.11. The third-order valence-corrected chi connectivity index (χ3v) is 9.11. The van der Waals surface area contributed by atoms with E-state index in [2.05, 4.69) is 29.6 Å². The van der Waals surface area contributed by atoms with E-state index in [-0.39, 0.29) is 30.3 Å². The maximum absolute atomic E-state index is 14.5. The molecule has 0 bridgehead atoms. The van der Waals surface area contributed by atoms with Gasteiger partial charge in [0.2, 0.25) is 11.8 Å². The second-order valence-corrected chi connectivity index (χ2v) is 12.6. The molecule has 242 valence electrons. The van der Waals surface area contributed by atoms with Crippen molar-refractivity contribution in [1.82, 2.24) is 20.0 Å². The first-order chi connectivity index (χ1) is 22.8. The van der Waals surface area contributed by atoms with E-state index in [1.807, 2.05) is 98.5 Å². The number of hydrogen-bond acceptors (Lipinski definition) is 4. The van der Waals surface area contributed by atoms with E-state index in [9.17, 15) is 14.4 Å². The number of nitrogens with one attached hydrogen (secondary N) is 1. The zero-order valence-corrected chi connectivity index (χ0v) is 27.3. The monoisotopic (exact) mass is 630 g/mol. The van der Waals surface area contributed by atoms with Crippen molar-refractivity contribution in [3.05, 3.63) is 120 Å². The topological polar surface area (TPSA) is 86.1 Å². The Morgan fingerprint density at radius 1 is 0.915 bits per heavy atom. The fourth-order valence-corrected chi connectivity index (χ4v) is 6.68. The molecule has 1 saturated heterocycles. The van der Waals surface area contributed by atoms with Gasteiger partial charge in [-0.3, -0.25) is 9.59 Å². The molecule has 0 saturated carbocycles. The lowest BCUT2D eigenvalue weighted by atomic mass is 9.95. The number of carbonyl (C=O) groups is 3. The molecule has 1 N–H and O–H groups in total. The van der Waals surface area contributed by atoms with Crippen LogP contribution in [0.15, 0.2) is 108 Å². The lowest BCUT2D eigenvalue weighted by Gasteiger charge is -2.48. The van der Waals surface area contributed by atoms with Crippen molar-refractivity contribution < 1.29 is 18.8 Å². The average Bonchev–Trinajstić information content (AvgIpc) is 3.56. The van der Waals surface area contributed by atoms with Crippen molar-refractivity contribution in [3.63, 3.8) is 0 Å². The number of amides is 4. The Morgan fingerprint density at radius 2 is 1.68 bits per heavy atom. The molecule has 1 aliphatic heterocycles. The van der Waals surface area contributed by atoms with Crippen LogP contribution in [0.5, 0.6) is 0 Å². The first-order valence-corrected chi connectivity index (χ1v) is 16.4. The summed E-state index contributed by atoms with van der Waals surface area (Å²) in [6, 6.07) is 30.5. The molecule has 6 rings (SSSR count). The number of rotatable bonds is 10. The van der Waals surface area contributed by atoms with E-state index in [1.165, 1.54) is 0 Å². The Hall–Kier alpha value is -5.11. The minimum atomic E-state index is -0.720. The standard InChI is InChI=1S/C39H42N4O4/c1-4-37(44)43-33(26-42(27(2)3)39(46)40-23-28-11-6-5-7-12-28)25-41(24-32-15-10-14-30-13-8-9-16-34(30)32)38(45)35(43)22-29-17-18-36-31(21-29)19-20-47-36/h5-21,27,33,35H,4,22-26H2,1-3H3,(H,40,46)/t33-,35+/m1/s1.